The van der Waals surface area contributed by atoms with Crippen LogP contribution in [0.1, 0.15) is 23.2 Å². The van der Waals surface area contributed by atoms with Gasteiger partial charge in [-0.1, -0.05) is 0 Å². The van der Waals surface area contributed by atoms with Gasteiger partial charge in [0.2, 0.25) is 0 Å². The van der Waals surface area contributed by atoms with Gasteiger partial charge >= 0.3 is 0 Å². The van der Waals surface area contributed by atoms with E-state index in [4.69, 9.17) is 16.6 Å². The highest BCUT2D eigenvalue weighted by Gasteiger charge is 2.18. The molecule has 78 valence electrons. The lowest BCUT2D eigenvalue weighted by atomic mass is 10.1. The van der Waals surface area contributed by atoms with Crippen LogP contribution in [-0.4, -0.2) is 10.1 Å². The zero-order valence-corrected chi connectivity index (χ0v) is 7.37. The van der Waals surface area contributed by atoms with E-state index in [9.17, 15) is 8.78 Å². The molecule has 6 heteroatoms. The van der Waals surface area contributed by atoms with Crippen LogP contribution in [0.15, 0.2) is 6.20 Å². The predicted molar refractivity (Wildman–Crippen MR) is 47.4 cm³/mol. The van der Waals surface area contributed by atoms with Crippen LogP contribution in [0.5, 0.6) is 0 Å². The van der Waals surface area contributed by atoms with Crippen LogP contribution < -0.4 is 11.5 Å². The van der Waals surface area contributed by atoms with Crippen molar-refractivity contribution in [2.75, 3.05) is 5.73 Å². The summed E-state index contributed by atoms with van der Waals surface area (Å²) in [6.07, 6.45) is -1.49. The highest BCUT2D eigenvalue weighted by Crippen LogP contribution is 2.29. The Balaban J connectivity index is 3.31. The standard InChI is InChI=1S/C8H11F2N3O/c9-8(10)6-4(1-11)2-13-5(3-14)7(6)12/h2,8,14H,1,3,11-12H2. The number of anilines is 1. The van der Waals surface area contributed by atoms with Gasteiger partial charge < -0.3 is 16.6 Å². The first-order chi connectivity index (χ1) is 6.61. The molecule has 0 atom stereocenters. The maximum Gasteiger partial charge on any atom is 0.266 e. The molecule has 0 unspecified atom stereocenters. The normalized spacial score (nSPS) is 10.9. The minimum atomic E-state index is -2.71. The summed E-state index contributed by atoms with van der Waals surface area (Å²) >= 11 is 0. The number of hydrogen-bond donors (Lipinski definition) is 3. The number of aliphatic hydroxyl groups is 1. The van der Waals surface area contributed by atoms with Gasteiger partial charge in [0.1, 0.15) is 0 Å². The molecule has 0 bridgehead atoms. The summed E-state index contributed by atoms with van der Waals surface area (Å²) < 4.78 is 25.1. The maximum absolute atomic E-state index is 12.5. The zero-order chi connectivity index (χ0) is 10.7. The largest absolute Gasteiger partial charge is 0.397 e. The third-order valence-electron chi connectivity index (χ3n) is 1.91. The van der Waals surface area contributed by atoms with Crippen molar-refractivity contribution in [2.24, 2.45) is 5.73 Å². The molecule has 4 nitrogen and oxygen atoms in total. The van der Waals surface area contributed by atoms with Crippen molar-refractivity contribution in [3.8, 4) is 0 Å². The number of alkyl halides is 2. The number of nitrogens with zero attached hydrogens (tertiary/aromatic N) is 1. The smallest absolute Gasteiger partial charge is 0.266 e. The van der Waals surface area contributed by atoms with Crippen LogP contribution >= 0.6 is 0 Å². The molecular weight excluding hydrogens is 192 g/mol. The van der Waals surface area contributed by atoms with Crippen molar-refractivity contribution in [1.29, 1.82) is 0 Å². The van der Waals surface area contributed by atoms with E-state index in [0.717, 1.165) is 0 Å². The van der Waals surface area contributed by atoms with Crippen molar-refractivity contribution in [1.82, 2.24) is 4.98 Å². The second-order valence-electron chi connectivity index (χ2n) is 2.72. The first kappa shape index (κ1) is 10.8. The maximum atomic E-state index is 12.5. The highest BCUT2D eigenvalue weighted by molar-refractivity contribution is 5.54. The van der Waals surface area contributed by atoms with Crippen molar-refractivity contribution in [2.45, 2.75) is 19.6 Å². The van der Waals surface area contributed by atoms with E-state index in [1.54, 1.807) is 0 Å². The molecule has 0 saturated carbocycles. The molecule has 0 aromatic carbocycles. The van der Waals surface area contributed by atoms with Crippen LogP contribution in [0.25, 0.3) is 0 Å². The molecule has 1 aromatic heterocycles. The summed E-state index contributed by atoms with van der Waals surface area (Å²) in [7, 11) is 0. The molecular formula is C8H11F2N3O. The van der Waals surface area contributed by atoms with Crippen molar-refractivity contribution < 1.29 is 13.9 Å². The number of halogens is 2. The molecule has 5 N–H and O–H groups in total. The Labute approximate surface area is 79.6 Å². The summed E-state index contributed by atoms with van der Waals surface area (Å²) in [5.74, 6) is 0. The van der Waals surface area contributed by atoms with E-state index in [-0.39, 0.29) is 29.1 Å². The summed E-state index contributed by atoms with van der Waals surface area (Å²) in [5, 5.41) is 8.77. The fourth-order valence-corrected chi connectivity index (χ4v) is 1.17. The molecule has 1 heterocycles. The van der Waals surface area contributed by atoms with Gasteiger partial charge in [0.25, 0.3) is 6.43 Å². The van der Waals surface area contributed by atoms with E-state index in [1.165, 1.54) is 6.20 Å². The van der Waals surface area contributed by atoms with Crippen molar-refractivity contribution >= 4 is 5.69 Å². The number of aromatic nitrogens is 1. The van der Waals surface area contributed by atoms with Gasteiger partial charge in [-0.3, -0.25) is 4.98 Å². The Morgan fingerprint density at radius 3 is 2.57 bits per heavy atom. The second kappa shape index (κ2) is 4.30. The molecule has 0 aliphatic heterocycles. The van der Waals surface area contributed by atoms with Gasteiger partial charge in [-0.05, 0) is 5.56 Å². The second-order valence-corrected chi connectivity index (χ2v) is 2.72. The van der Waals surface area contributed by atoms with Crippen LogP contribution in [0.3, 0.4) is 0 Å². The van der Waals surface area contributed by atoms with E-state index in [0.29, 0.717) is 0 Å². The van der Waals surface area contributed by atoms with Crippen LogP contribution in [0.2, 0.25) is 0 Å². The Bertz CT molecular complexity index is 331. The number of nitrogen functional groups attached to an aromatic ring is 1. The average molecular weight is 203 g/mol. The van der Waals surface area contributed by atoms with Gasteiger partial charge in [-0.2, -0.15) is 0 Å². The number of aliphatic hydroxyl groups excluding tert-OH is 1. The van der Waals surface area contributed by atoms with Gasteiger partial charge in [-0.25, -0.2) is 8.78 Å². The fraction of sp³-hybridized carbons (Fsp3) is 0.375. The summed E-state index contributed by atoms with van der Waals surface area (Å²) in [5.41, 5.74) is 10.4. The minimum Gasteiger partial charge on any atom is -0.397 e. The first-order valence-electron chi connectivity index (χ1n) is 3.97. The fourth-order valence-electron chi connectivity index (χ4n) is 1.17. The third-order valence-corrected chi connectivity index (χ3v) is 1.91. The van der Waals surface area contributed by atoms with E-state index in [2.05, 4.69) is 4.98 Å². The lowest BCUT2D eigenvalue weighted by Crippen LogP contribution is -2.10. The van der Waals surface area contributed by atoms with Crippen LogP contribution in [0, 0.1) is 0 Å². The van der Waals surface area contributed by atoms with Crippen molar-refractivity contribution in [3.05, 3.63) is 23.0 Å². The number of hydrogen-bond acceptors (Lipinski definition) is 4. The van der Waals surface area contributed by atoms with Crippen LogP contribution in [0.4, 0.5) is 14.5 Å². The number of rotatable bonds is 3. The Morgan fingerprint density at radius 1 is 1.50 bits per heavy atom. The Hall–Kier alpha value is -1.27. The molecule has 14 heavy (non-hydrogen) atoms. The Morgan fingerprint density at radius 2 is 2.14 bits per heavy atom. The van der Waals surface area contributed by atoms with E-state index < -0.39 is 13.0 Å². The van der Waals surface area contributed by atoms with Crippen molar-refractivity contribution in [3.63, 3.8) is 0 Å². The SMILES string of the molecule is NCc1cnc(CO)c(N)c1C(F)F. The molecule has 1 aromatic rings. The predicted octanol–water partition coefficient (Wildman–Crippen LogP) is 0.552. The summed E-state index contributed by atoms with van der Waals surface area (Å²) in [6.45, 7) is -0.515. The summed E-state index contributed by atoms with van der Waals surface area (Å²) in [4.78, 5) is 3.72. The van der Waals surface area contributed by atoms with Gasteiger partial charge in [0.05, 0.1) is 18.0 Å². The Kier molecular flexibility index (Phi) is 3.32. The van der Waals surface area contributed by atoms with Crippen LogP contribution in [-0.2, 0) is 13.2 Å². The average Bonchev–Trinajstić information content (AvgIpc) is 2.16. The number of pyridine rings is 1. The monoisotopic (exact) mass is 203 g/mol. The third kappa shape index (κ3) is 1.80. The molecule has 1 rings (SSSR count). The summed E-state index contributed by atoms with van der Waals surface area (Å²) in [6, 6.07) is 0. The van der Waals surface area contributed by atoms with Gasteiger partial charge in [0.15, 0.2) is 0 Å². The van der Waals surface area contributed by atoms with E-state index in [1.807, 2.05) is 0 Å². The molecule has 0 aliphatic carbocycles. The molecule has 0 saturated heterocycles. The molecule has 0 fully saturated rings. The quantitative estimate of drug-likeness (QED) is 0.669. The lowest BCUT2D eigenvalue weighted by molar-refractivity contribution is 0.150. The van der Waals surface area contributed by atoms with Gasteiger partial charge in [0, 0.05) is 18.3 Å². The number of nitrogens with two attached hydrogens (primary N) is 2. The van der Waals surface area contributed by atoms with E-state index >= 15 is 0 Å². The van der Waals surface area contributed by atoms with Gasteiger partial charge in [-0.15, -0.1) is 0 Å². The topological polar surface area (TPSA) is 85.2 Å². The first-order valence-corrected chi connectivity index (χ1v) is 3.97. The molecule has 0 spiro atoms. The zero-order valence-electron chi connectivity index (χ0n) is 7.37. The molecule has 0 aliphatic rings. The lowest BCUT2D eigenvalue weighted by Gasteiger charge is -2.12. The molecule has 0 radical (unpaired) electrons. The highest BCUT2D eigenvalue weighted by atomic mass is 19.3. The minimum absolute atomic E-state index is 0.0530. The molecule has 0 amide bonds.